The van der Waals surface area contributed by atoms with Gasteiger partial charge in [0.2, 0.25) is 0 Å². The molecule has 22 heavy (non-hydrogen) atoms. The Bertz CT molecular complexity index is 558. The molecular weight excluding hydrogens is 346 g/mol. The predicted octanol–water partition coefficient (Wildman–Crippen LogP) is 5.35. The molecule has 116 valence electrons. The molecule has 2 aromatic carbocycles. The van der Waals surface area contributed by atoms with Crippen LogP contribution >= 0.6 is 48.4 Å². The minimum atomic E-state index is 0.628. The van der Waals surface area contributed by atoms with Crippen LogP contribution in [0, 0.1) is 0 Å². The third kappa shape index (κ3) is 5.23. The van der Waals surface area contributed by atoms with Crippen LogP contribution in [-0.4, -0.2) is 21.7 Å². The SMILES string of the molecule is CSc1ccc(CN(Cc2ccc(SC)cc2)C(=S)S)cc1. The van der Waals surface area contributed by atoms with Crippen molar-refractivity contribution in [1.29, 1.82) is 0 Å². The molecule has 5 heteroatoms. The molecule has 0 bridgehead atoms. The predicted molar refractivity (Wildman–Crippen MR) is 107 cm³/mol. The summed E-state index contributed by atoms with van der Waals surface area (Å²) >= 11 is 13.2. The van der Waals surface area contributed by atoms with Gasteiger partial charge in [-0.25, -0.2) is 0 Å². The fourth-order valence-electron chi connectivity index (χ4n) is 2.09. The number of benzene rings is 2. The van der Waals surface area contributed by atoms with E-state index in [2.05, 4.69) is 78.6 Å². The van der Waals surface area contributed by atoms with Gasteiger partial charge < -0.3 is 4.90 Å². The van der Waals surface area contributed by atoms with E-state index in [1.165, 1.54) is 20.9 Å². The Morgan fingerprint density at radius 3 is 1.50 bits per heavy atom. The van der Waals surface area contributed by atoms with Crippen molar-refractivity contribution in [3.8, 4) is 0 Å². The van der Waals surface area contributed by atoms with Gasteiger partial charge in [-0.2, -0.15) is 0 Å². The van der Waals surface area contributed by atoms with E-state index in [1.54, 1.807) is 23.5 Å². The maximum absolute atomic E-state index is 5.29. The Hall–Kier alpha value is -0.620. The lowest BCUT2D eigenvalue weighted by molar-refractivity contribution is 0.421. The first-order valence-corrected chi connectivity index (χ1v) is 10.2. The Kier molecular flexibility index (Phi) is 7.15. The highest BCUT2D eigenvalue weighted by molar-refractivity contribution is 8.10. The van der Waals surface area contributed by atoms with Crippen LogP contribution in [0.4, 0.5) is 0 Å². The maximum atomic E-state index is 5.29. The highest BCUT2D eigenvalue weighted by Gasteiger charge is 2.08. The van der Waals surface area contributed by atoms with Crippen molar-refractivity contribution in [1.82, 2.24) is 4.90 Å². The van der Waals surface area contributed by atoms with Crippen LogP contribution in [0.15, 0.2) is 58.3 Å². The minimum Gasteiger partial charge on any atom is -0.349 e. The summed E-state index contributed by atoms with van der Waals surface area (Å²) in [5, 5.41) is 0. The van der Waals surface area contributed by atoms with E-state index in [9.17, 15) is 0 Å². The Balaban J connectivity index is 2.06. The average molecular weight is 366 g/mol. The van der Waals surface area contributed by atoms with Crippen molar-refractivity contribution in [3.63, 3.8) is 0 Å². The molecule has 0 N–H and O–H groups in total. The van der Waals surface area contributed by atoms with Gasteiger partial charge in [0.15, 0.2) is 0 Å². The van der Waals surface area contributed by atoms with Crippen molar-refractivity contribution in [2.24, 2.45) is 0 Å². The summed E-state index contributed by atoms with van der Waals surface area (Å²) in [5.74, 6) is 0. The highest BCUT2D eigenvalue weighted by atomic mass is 32.2. The fourth-order valence-corrected chi connectivity index (χ4v) is 3.18. The molecule has 0 aliphatic rings. The molecule has 2 rings (SSSR count). The van der Waals surface area contributed by atoms with Gasteiger partial charge >= 0.3 is 0 Å². The lowest BCUT2D eigenvalue weighted by atomic mass is 10.2. The molecule has 0 unspecified atom stereocenters. The summed E-state index contributed by atoms with van der Waals surface area (Å²) in [6.45, 7) is 1.56. The van der Waals surface area contributed by atoms with E-state index < -0.39 is 0 Å². The van der Waals surface area contributed by atoms with Crippen LogP contribution in [0.1, 0.15) is 11.1 Å². The zero-order valence-electron chi connectivity index (χ0n) is 12.7. The molecule has 0 amide bonds. The first-order chi connectivity index (χ1) is 10.6. The van der Waals surface area contributed by atoms with Gasteiger partial charge in [-0.15, -0.1) is 36.2 Å². The van der Waals surface area contributed by atoms with Crippen LogP contribution < -0.4 is 0 Å². The standard InChI is InChI=1S/C17H19NS4/c1-21-15-7-3-13(4-8-15)11-18(17(19)20)12-14-5-9-16(22-2)10-6-14/h3-10H,11-12H2,1-2H3,(H,19,20). The van der Waals surface area contributed by atoms with Crippen molar-refractivity contribution in [3.05, 3.63) is 59.7 Å². The topological polar surface area (TPSA) is 3.24 Å². The summed E-state index contributed by atoms with van der Waals surface area (Å²) in [6.07, 6.45) is 4.17. The number of thiocarbonyl (C=S) groups is 1. The Morgan fingerprint density at radius 1 is 0.864 bits per heavy atom. The van der Waals surface area contributed by atoms with Gasteiger partial charge in [0.25, 0.3) is 0 Å². The minimum absolute atomic E-state index is 0.628. The number of thioether (sulfide) groups is 2. The van der Waals surface area contributed by atoms with Crippen molar-refractivity contribution < 1.29 is 0 Å². The van der Waals surface area contributed by atoms with E-state index in [0.717, 1.165) is 13.1 Å². The van der Waals surface area contributed by atoms with E-state index in [-0.39, 0.29) is 0 Å². The zero-order chi connectivity index (χ0) is 15.9. The quantitative estimate of drug-likeness (QED) is 0.417. The fraction of sp³-hybridized carbons (Fsp3) is 0.235. The number of hydrogen-bond donors (Lipinski definition) is 1. The molecule has 0 atom stereocenters. The first-order valence-electron chi connectivity index (χ1n) is 6.86. The molecule has 0 aromatic heterocycles. The zero-order valence-corrected chi connectivity index (χ0v) is 16.0. The number of hydrogen-bond acceptors (Lipinski definition) is 3. The molecule has 0 fully saturated rings. The Labute approximate surface area is 152 Å². The van der Waals surface area contributed by atoms with Crippen LogP contribution in [0.3, 0.4) is 0 Å². The second-order valence-electron chi connectivity index (χ2n) is 4.83. The van der Waals surface area contributed by atoms with Gasteiger partial charge in [0.05, 0.1) is 0 Å². The maximum Gasteiger partial charge on any atom is 0.133 e. The van der Waals surface area contributed by atoms with Gasteiger partial charge in [-0.3, -0.25) is 0 Å². The first kappa shape index (κ1) is 17.7. The van der Waals surface area contributed by atoms with Crippen molar-refractivity contribution >= 4 is 52.7 Å². The molecular formula is C17H19NS4. The van der Waals surface area contributed by atoms with E-state index >= 15 is 0 Å². The second-order valence-corrected chi connectivity index (χ2v) is 7.71. The second kappa shape index (κ2) is 8.87. The molecule has 0 aliphatic carbocycles. The average Bonchev–Trinajstić information content (AvgIpc) is 2.55. The lowest BCUT2D eigenvalue weighted by Crippen LogP contribution is -2.25. The molecule has 0 heterocycles. The summed E-state index contributed by atoms with van der Waals surface area (Å²) in [7, 11) is 0. The molecule has 2 aromatic rings. The molecule has 0 saturated carbocycles. The highest BCUT2D eigenvalue weighted by Crippen LogP contribution is 2.19. The van der Waals surface area contributed by atoms with E-state index in [1.807, 2.05) is 0 Å². The summed E-state index contributed by atoms with van der Waals surface area (Å²) in [4.78, 5) is 4.66. The summed E-state index contributed by atoms with van der Waals surface area (Å²) in [5.41, 5.74) is 2.49. The van der Waals surface area contributed by atoms with Gasteiger partial charge in [-0.05, 0) is 47.9 Å². The van der Waals surface area contributed by atoms with Crippen molar-refractivity contribution in [2.45, 2.75) is 22.9 Å². The van der Waals surface area contributed by atoms with Crippen LogP contribution in [-0.2, 0) is 13.1 Å². The summed E-state index contributed by atoms with van der Waals surface area (Å²) < 4.78 is 0.628. The normalized spacial score (nSPS) is 10.5. The molecule has 0 aliphatic heterocycles. The third-order valence-electron chi connectivity index (χ3n) is 3.34. The van der Waals surface area contributed by atoms with Crippen LogP contribution in [0.5, 0.6) is 0 Å². The monoisotopic (exact) mass is 365 g/mol. The van der Waals surface area contributed by atoms with E-state index in [0.29, 0.717) is 4.32 Å². The molecule has 1 nitrogen and oxygen atoms in total. The molecule has 0 spiro atoms. The summed E-state index contributed by atoms with van der Waals surface area (Å²) in [6, 6.07) is 17.2. The molecule has 0 saturated heterocycles. The van der Waals surface area contributed by atoms with Crippen LogP contribution in [0.2, 0.25) is 0 Å². The van der Waals surface area contributed by atoms with Gasteiger partial charge in [0.1, 0.15) is 4.32 Å². The smallest absolute Gasteiger partial charge is 0.133 e. The van der Waals surface area contributed by atoms with Gasteiger partial charge in [0, 0.05) is 22.9 Å². The lowest BCUT2D eigenvalue weighted by Gasteiger charge is -2.23. The number of nitrogens with zero attached hydrogens (tertiary/aromatic N) is 1. The third-order valence-corrected chi connectivity index (χ3v) is 5.36. The number of rotatable bonds is 6. The number of thiol groups is 1. The van der Waals surface area contributed by atoms with Crippen LogP contribution in [0.25, 0.3) is 0 Å². The molecule has 0 radical (unpaired) electrons. The Morgan fingerprint density at radius 2 is 1.23 bits per heavy atom. The van der Waals surface area contributed by atoms with Crippen molar-refractivity contribution in [2.75, 3.05) is 12.5 Å². The largest absolute Gasteiger partial charge is 0.349 e. The van der Waals surface area contributed by atoms with E-state index in [4.69, 9.17) is 12.2 Å². The van der Waals surface area contributed by atoms with Gasteiger partial charge in [-0.1, -0.05) is 36.5 Å².